The molecular formula is C9H11ClO3. The van der Waals surface area contributed by atoms with E-state index in [1.807, 2.05) is 0 Å². The van der Waals surface area contributed by atoms with Crippen LogP contribution in [-0.4, -0.2) is 19.3 Å². The average molecular weight is 203 g/mol. The Morgan fingerprint density at radius 1 is 1.23 bits per heavy atom. The fourth-order valence-corrected chi connectivity index (χ4v) is 1.37. The predicted octanol–water partition coefficient (Wildman–Crippen LogP) is 2.15. The molecule has 3 nitrogen and oxygen atoms in total. The molecule has 0 aliphatic carbocycles. The minimum atomic E-state index is 0.0996. The molecule has 13 heavy (non-hydrogen) atoms. The molecule has 0 aromatic heterocycles. The van der Waals surface area contributed by atoms with Gasteiger partial charge in [-0.25, -0.2) is 0 Å². The summed E-state index contributed by atoms with van der Waals surface area (Å²) in [6.07, 6.45) is 0. The number of methoxy groups -OCH3 is 2. The molecule has 0 radical (unpaired) electrons. The molecule has 0 aliphatic rings. The standard InChI is InChI=1S/C9H11ClO3/c1-12-8-3-6(11)4-9(13-2)7(8)5-10/h3-4,11H,5H2,1-2H3. The summed E-state index contributed by atoms with van der Waals surface area (Å²) < 4.78 is 10.1. The van der Waals surface area contributed by atoms with Crippen molar-refractivity contribution in [2.45, 2.75) is 5.88 Å². The molecule has 1 aromatic rings. The van der Waals surface area contributed by atoms with Crippen molar-refractivity contribution >= 4 is 11.6 Å². The maximum atomic E-state index is 9.27. The van der Waals surface area contributed by atoms with E-state index in [0.29, 0.717) is 11.5 Å². The van der Waals surface area contributed by atoms with Crippen LogP contribution in [0.3, 0.4) is 0 Å². The summed E-state index contributed by atoms with van der Waals surface area (Å²) in [6.45, 7) is 0. The van der Waals surface area contributed by atoms with Crippen LogP contribution in [0.1, 0.15) is 5.56 Å². The fourth-order valence-electron chi connectivity index (χ4n) is 1.10. The lowest BCUT2D eigenvalue weighted by molar-refractivity contribution is 0.379. The fraction of sp³-hybridized carbons (Fsp3) is 0.333. The largest absolute Gasteiger partial charge is 0.508 e. The Kier molecular flexibility index (Phi) is 3.25. The van der Waals surface area contributed by atoms with E-state index in [1.54, 1.807) is 0 Å². The molecule has 0 saturated carbocycles. The highest BCUT2D eigenvalue weighted by molar-refractivity contribution is 6.17. The molecule has 1 rings (SSSR count). The van der Waals surface area contributed by atoms with Gasteiger partial charge in [-0.05, 0) is 0 Å². The number of ether oxygens (including phenoxy) is 2. The molecule has 4 heteroatoms. The molecule has 1 N–H and O–H groups in total. The molecule has 0 saturated heterocycles. The molecular weight excluding hydrogens is 192 g/mol. The number of hydrogen-bond donors (Lipinski definition) is 1. The highest BCUT2D eigenvalue weighted by atomic mass is 35.5. The molecule has 0 unspecified atom stereocenters. The summed E-state index contributed by atoms with van der Waals surface area (Å²) >= 11 is 5.71. The molecule has 0 aliphatic heterocycles. The topological polar surface area (TPSA) is 38.7 Å². The van der Waals surface area contributed by atoms with Crippen molar-refractivity contribution in [3.63, 3.8) is 0 Å². The lowest BCUT2D eigenvalue weighted by Gasteiger charge is -2.11. The molecule has 0 spiro atoms. The lowest BCUT2D eigenvalue weighted by atomic mass is 10.2. The summed E-state index contributed by atoms with van der Waals surface area (Å²) in [4.78, 5) is 0. The molecule has 0 fully saturated rings. The van der Waals surface area contributed by atoms with Crippen LogP contribution in [-0.2, 0) is 5.88 Å². The molecule has 0 atom stereocenters. The quantitative estimate of drug-likeness (QED) is 0.764. The summed E-state index contributed by atoms with van der Waals surface area (Å²) in [5.74, 6) is 1.45. The van der Waals surface area contributed by atoms with Gasteiger partial charge in [0.2, 0.25) is 0 Å². The maximum absolute atomic E-state index is 9.27. The Morgan fingerprint density at radius 2 is 1.69 bits per heavy atom. The molecule has 72 valence electrons. The van der Waals surface area contributed by atoms with Crippen molar-refractivity contribution in [2.24, 2.45) is 0 Å². The van der Waals surface area contributed by atoms with Crippen LogP contribution in [0.2, 0.25) is 0 Å². The van der Waals surface area contributed by atoms with E-state index in [4.69, 9.17) is 21.1 Å². The molecule has 0 heterocycles. The zero-order valence-electron chi connectivity index (χ0n) is 7.50. The SMILES string of the molecule is COc1cc(O)cc(OC)c1CCl. The van der Waals surface area contributed by atoms with Gasteiger partial charge in [-0.2, -0.15) is 0 Å². The Balaban J connectivity index is 3.25. The van der Waals surface area contributed by atoms with Gasteiger partial charge in [0.25, 0.3) is 0 Å². The number of rotatable bonds is 3. The third-order valence-electron chi connectivity index (χ3n) is 1.73. The second kappa shape index (κ2) is 4.23. The predicted molar refractivity (Wildman–Crippen MR) is 50.8 cm³/mol. The average Bonchev–Trinajstić information content (AvgIpc) is 2.16. The second-order valence-corrected chi connectivity index (χ2v) is 2.73. The first kappa shape index (κ1) is 9.99. The van der Waals surface area contributed by atoms with E-state index in [0.717, 1.165) is 5.56 Å². The summed E-state index contributed by atoms with van der Waals surface area (Å²) in [6, 6.07) is 3.00. The molecule has 1 aromatic carbocycles. The number of aromatic hydroxyl groups is 1. The van der Waals surface area contributed by atoms with Crippen molar-refractivity contribution in [1.82, 2.24) is 0 Å². The van der Waals surface area contributed by atoms with Gasteiger partial charge in [0.15, 0.2) is 0 Å². The second-order valence-electron chi connectivity index (χ2n) is 2.46. The van der Waals surface area contributed by atoms with Gasteiger partial charge in [0.05, 0.1) is 25.7 Å². The number of hydrogen-bond acceptors (Lipinski definition) is 3. The van der Waals surface area contributed by atoms with Crippen molar-refractivity contribution in [3.8, 4) is 17.2 Å². The van der Waals surface area contributed by atoms with Crippen molar-refractivity contribution in [3.05, 3.63) is 17.7 Å². The van der Waals surface area contributed by atoms with Crippen LogP contribution in [0.25, 0.3) is 0 Å². The van der Waals surface area contributed by atoms with Crippen molar-refractivity contribution in [2.75, 3.05) is 14.2 Å². The maximum Gasteiger partial charge on any atom is 0.130 e. The molecule has 0 amide bonds. The first-order chi connectivity index (χ1) is 6.22. The van der Waals surface area contributed by atoms with Crippen molar-refractivity contribution < 1.29 is 14.6 Å². The van der Waals surface area contributed by atoms with E-state index < -0.39 is 0 Å². The first-order valence-electron chi connectivity index (χ1n) is 3.72. The van der Waals surface area contributed by atoms with E-state index in [2.05, 4.69) is 0 Å². The van der Waals surface area contributed by atoms with E-state index in [1.165, 1.54) is 26.4 Å². The Morgan fingerprint density at radius 3 is 2.00 bits per heavy atom. The number of alkyl halides is 1. The van der Waals surface area contributed by atoms with Gasteiger partial charge in [0.1, 0.15) is 17.2 Å². The van der Waals surface area contributed by atoms with Gasteiger partial charge < -0.3 is 14.6 Å². The van der Waals surface area contributed by atoms with Crippen LogP contribution in [0.15, 0.2) is 12.1 Å². The third kappa shape index (κ3) is 1.98. The first-order valence-corrected chi connectivity index (χ1v) is 4.26. The van der Waals surface area contributed by atoms with Crippen molar-refractivity contribution in [1.29, 1.82) is 0 Å². The highest BCUT2D eigenvalue weighted by Gasteiger charge is 2.10. The van der Waals surface area contributed by atoms with Gasteiger partial charge in [-0.15, -0.1) is 11.6 Å². The zero-order valence-corrected chi connectivity index (χ0v) is 8.26. The smallest absolute Gasteiger partial charge is 0.130 e. The molecule has 0 bridgehead atoms. The normalized spacial score (nSPS) is 9.77. The van der Waals surface area contributed by atoms with Crippen LogP contribution < -0.4 is 9.47 Å². The number of halogens is 1. The van der Waals surface area contributed by atoms with E-state index in [-0.39, 0.29) is 11.6 Å². The minimum Gasteiger partial charge on any atom is -0.508 e. The number of phenolic OH excluding ortho intramolecular Hbond substituents is 1. The summed E-state index contributed by atoms with van der Waals surface area (Å²) in [5, 5.41) is 9.27. The van der Waals surface area contributed by atoms with Crippen LogP contribution in [0, 0.1) is 0 Å². The Hall–Kier alpha value is -1.09. The summed E-state index contributed by atoms with van der Waals surface area (Å²) in [5.41, 5.74) is 0.740. The van der Waals surface area contributed by atoms with Gasteiger partial charge in [0, 0.05) is 12.1 Å². The van der Waals surface area contributed by atoms with Gasteiger partial charge in [-0.1, -0.05) is 0 Å². The van der Waals surface area contributed by atoms with Gasteiger partial charge in [-0.3, -0.25) is 0 Å². The highest BCUT2D eigenvalue weighted by Crippen LogP contribution is 2.34. The zero-order chi connectivity index (χ0) is 9.84. The van der Waals surface area contributed by atoms with Gasteiger partial charge >= 0.3 is 0 Å². The third-order valence-corrected chi connectivity index (χ3v) is 1.99. The monoisotopic (exact) mass is 202 g/mol. The van der Waals surface area contributed by atoms with E-state index >= 15 is 0 Å². The van der Waals surface area contributed by atoms with Crippen LogP contribution in [0.5, 0.6) is 17.2 Å². The Bertz CT molecular complexity index is 274. The minimum absolute atomic E-state index is 0.0996. The number of benzene rings is 1. The van der Waals surface area contributed by atoms with Crippen LogP contribution in [0.4, 0.5) is 0 Å². The number of phenols is 1. The Labute approximate surface area is 81.9 Å². The van der Waals surface area contributed by atoms with Crippen LogP contribution >= 0.6 is 11.6 Å². The summed E-state index contributed by atoms with van der Waals surface area (Å²) in [7, 11) is 3.04. The lowest BCUT2D eigenvalue weighted by Crippen LogP contribution is -1.94. The van der Waals surface area contributed by atoms with E-state index in [9.17, 15) is 5.11 Å².